The maximum atomic E-state index is 11.8. The van der Waals surface area contributed by atoms with Crippen LogP contribution in [0.5, 0.6) is 5.75 Å². The van der Waals surface area contributed by atoms with Crippen molar-refractivity contribution >= 4 is 17.0 Å². The van der Waals surface area contributed by atoms with Crippen molar-refractivity contribution in [3.63, 3.8) is 0 Å². The van der Waals surface area contributed by atoms with Gasteiger partial charge in [-0.3, -0.25) is 9.88 Å². The van der Waals surface area contributed by atoms with Gasteiger partial charge in [0.05, 0.1) is 18.7 Å². The maximum Gasteiger partial charge on any atom is 0.405 e. The number of fused-ring (bicyclic) bond motifs is 4. The van der Waals surface area contributed by atoms with Crippen LogP contribution >= 0.6 is 0 Å². The number of methoxy groups -OCH3 is 1. The van der Waals surface area contributed by atoms with Crippen molar-refractivity contribution in [1.82, 2.24) is 9.88 Å². The second kappa shape index (κ2) is 7.35. The van der Waals surface area contributed by atoms with Gasteiger partial charge in [-0.2, -0.15) is 0 Å². The number of primary amides is 1. The molecule has 4 heterocycles. The van der Waals surface area contributed by atoms with Gasteiger partial charge in [0.15, 0.2) is 0 Å². The fourth-order valence-corrected chi connectivity index (χ4v) is 4.95. The summed E-state index contributed by atoms with van der Waals surface area (Å²) in [4.78, 5) is 18.7. The average Bonchev–Trinajstić information content (AvgIpc) is 2.71. The fraction of sp³-hybridized carbons (Fsp3) is 0.524. The lowest BCUT2D eigenvalue weighted by Gasteiger charge is -2.51. The second-order valence-electron chi connectivity index (χ2n) is 7.66. The lowest BCUT2D eigenvalue weighted by Crippen LogP contribution is -2.55. The molecular weight excluding hydrogens is 342 g/mol. The van der Waals surface area contributed by atoms with E-state index in [9.17, 15) is 4.79 Å². The molecule has 3 saturated heterocycles. The number of ether oxygens (including phenoxy) is 2. The summed E-state index contributed by atoms with van der Waals surface area (Å²) < 4.78 is 11.1. The van der Waals surface area contributed by atoms with Gasteiger partial charge in [-0.25, -0.2) is 4.79 Å². The van der Waals surface area contributed by atoms with Crippen molar-refractivity contribution in [2.75, 3.05) is 20.2 Å². The molecule has 0 saturated carbocycles. The third-order valence-electron chi connectivity index (χ3n) is 6.34. The Bertz CT molecular complexity index is 841. The summed E-state index contributed by atoms with van der Waals surface area (Å²) in [5.74, 6) is 2.18. The van der Waals surface area contributed by atoms with Gasteiger partial charge in [0.25, 0.3) is 0 Å². The number of nitrogens with zero attached hydrogens (tertiary/aromatic N) is 2. The number of benzene rings is 1. The molecule has 144 valence electrons. The zero-order valence-corrected chi connectivity index (χ0v) is 15.9. The molecule has 1 aromatic heterocycles. The third-order valence-corrected chi connectivity index (χ3v) is 6.34. The molecule has 3 fully saturated rings. The maximum absolute atomic E-state index is 11.8. The van der Waals surface area contributed by atoms with Crippen LogP contribution < -0.4 is 10.5 Å². The monoisotopic (exact) mass is 369 g/mol. The van der Waals surface area contributed by atoms with E-state index in [1.54, 1.807) is 13.3 Å². The van der Waals surface area contributed by atoms with E-state index in [1.807, 2.05) is 24.3 Å². The van der Waals surface area contributed by atoms with Crippen molar-refractivity contribution in [1.29, 1.82) is 0 Å². The van der Waals surface area contributed by atoms with Crippen LogP contribution in [-0.2, 0) is 4.74 Å². The minimum absolute atomic E-state index is 0.149. The largest absolute Gasteiger partial charge is 0.497 e. The Kier molecular flexibility index (Phi) is 4.91. The molecule has 3 aliphatic rings. The van der Waals surface area contributed by atoms with Gasteiger partial charge in [0.2, 0.25) is 0 Å². The van der Waals surface area contributed by atoms with E-state index in [0.29, 0.717) is 5.92 Å². The van der Waals surface area contributed by atoms with Crippen LogP contribution in [-0.4, -0.2) is 42.2 Å². The number of hydrogen-bond acceptors (Lipinski definition) is 5. The lowest BCUT2D eigenvalue weighted by molar-refractivity contribution is -0.0590. The summed E-state index contributed by atoms with van der Waals surface area (Å²) in [6.45, 7) is 4.38. The van der Waals surface area contributed by atoms with Crippen molar-refractivity contribution in [2.45, 2.75) is 38.3 Å². The molecule has 5 atom stereocenters. The molecule has 0 spiro atoms. The second-order valence-corrected chi connectivity index (χ2v) is 7.66. The van der Waals surface area contributed by atoms with Crippen LogP contribution in [0.15, 0.2) is 30.5 Å². The predicted octanol–water partition coefficient (Wildman–Crippen LogP) is 3.50. The number of hydrogen-bond donors (Lipinski definition) is 1. The van der Waals surface area contributed by atoms with Crippen LogP contribution in [0.4, 0.5) is 4.79 Å². The standard InChI is InChI=1S/C21H27N3O3/c1-3-13-12-24-9-7-14(13)10-19(24)20(27-21(22)25)16-6-8-23-18-5-4-15(26-2)11-17(16)18/h4-6,8,11,13-14,19-20H,3,7,9-10,12H2,1-2H3,(H2,22,25)/t13-,14-,19-,20+/m0/s1. The summed E-state index contributed by atoms with van der Waals surface area (Å²) in [7, 11) is 1.64. The average molecular weight is 369 g/mol. The first-order valence-corrected chi connectivity index (χ1v) is 9.73. The molecular formula is C21H27N3O3. The van der Waals surface area contributed by atoms with Gasteiger partial charge >= 0.3 is 6.09 Å². The lowest BCUT2D eigenvalue weighted by atomic mass is 9.72. The van der Waals surface area contributed by atoms with E-state index in [2.05, 4.69) is 16.8 Å². The summed E-state index contributed by atoms with van der Waals surface area (Å²) in [5.41, 5.74) is 7.27. The minimum atomic E-state index is -0.734. The van der Waals surface area contributed by atoms with Gasteiger partial charge in [-0.15, -0.1) is 0 Å². The Balaban J connectivity index is 1.75. The molecule has 3 aliphatic heterocycles. The van der Waals surface area contributed by atoms with Gasteiger partial charge in [0, 0.05) is 23.7 Å². The number of carbonyl (C=O) groups is 1. The molecule has 6 nitrogen and oxygen atoms in total. The number of piperidine rings is 3. The van der Waals surface area contributed by atoms with Crippen molar-refractivity contribution < 1.29 is 14.3 Å². The van der Waals surface area contributed by atoms with E-state index in [4.69, 9.17) is 15.2 Å². The molecule has 5 rings (SSSR count). The topological polar surface area (TPSA) is 77.7 Å². The SMILES string of the molecule is CC[C@H]1CN2CC[C@H]1C[C@H]2[C@H](OC(N)=O)c1ccnc2ccc(OC)cc12. The highest BCUT2D eigenvalue weighted by Crippen LogP contribution is 2.44. The highest BCUT2D eigenvalue weighted by Gasteiger charge is 2.44. The predicted molar refractivity (Wildman–Crippen MR) is 104 cm³/mol. The van der Waals surface area contributed by atoms with Crippen LogP contribution in [0.3, 0.4) is 0 Å². The summed E-state index contributed by atoms with van der Waals surface area (Å²) in [6.07, 6.45) is 4.09. The number of aromatic nitrogens is 1. The quantitative estimate of drug-likeness (QED) is 0.873. The Morgan fingerprint density at radius 1 is 1.41 bits per heavy atom. The zero-order chi connectivity index (χ0) is 19.0. The van der Waals surface area contributed by atoms with E-state index in [-0.39, 0.29) is 6.04 Å². The van der Waals surface area contributed by atoms with Crippen molar-refractivity contribution in [2.24, 2.45) is 17.6 Å². The fourth-order valence-electron chi connectivity index (χ4n) is 4.95. The molecule has 2 N–H and O–H groups in total. The van der Waals surface area contributed by atoms with Gasteiger partial charge in [-0.05, 0) is 55.5 Å². The third kappa shape index (κ3) is 3.34. The Morgan fingerprint density at radius 3 is 2.93 bits per heavy atom. The smallest absolute Gasteiger partial charge is 0.405 e. The van der Waals surface area contributed by atoms with Crippen molar-refractivity contribution in [3.05, 3.63) is 36.0 Å². The zero-order valence-electron chi connectivity index (χ0n) is 15.9. The molecule has 6 heteroatoms. The molecule has 0 radical (unpaired) electrons. The number of rotatable bonds is 5. The van der Waals surface area contributed by atoms with Gasteiger partial charge in [0.1, 0.15) is 11.9 Å². The molecule has 1 aromatic carbocycles. The van der Waals surface area contributed by atoms with Crippen LogP contribution in [0.25, 0.3) is 10.9 Å². The summed E-state index contributed by atoms with van der Waals surface area (Å²) in [6, 6.07) is 7.87. The van der Waals surface area contributed by atoms with E-state index in [0.717, 1.165) is 47.6 Å². The van der Waals surface area contributed by atoms with E-state index < -0.39 is 12.2 Å². The first kappa shape index (κ1) is 18.0. The normalized spacial score (nSPS) is 28.1. The number of pyridine rings is 1. The Labute approximate surface area is 159 Å². The number of nitrogens with two attached hydrogens (primary N) is 1. The first-order valence-electron chi connectivity index (χ1n) is 9.73. The van der Waals surface area contributed by atoms with Crippen molar-refractivity contribution in [3.8, 4) is 5.75 Å². The molecule has 2 bridgehead atoms. The van der Waals surface area contributed by atoms with Crippen LogP contribution in [0.1, 0.15) is 37.9 Å². The highest BCUT2D eigenvalue weighted by molar-refractivity contribution is 5.84. The number of amides is 1. The van der Waals surface area contributed by atoms with E-state index in [1.165, 1.54) is 12.8 Å². The van der Waals surface area contributed by atoms with E-state index >= 15 is 0 Å². The Morgan fingerprint density at radius 2 is 2.26 bits per heavy atom. The minimum Gasteiger partial charge on any atom is -0.497 e. The summed E-state index contributed by atoms with van der Waals surface area (Å²) in [5, 5.41) is 0.942. The number of carbonyl (C=O) groups excluding carboxylic acids is 1. The molecule has 27 heavy (non-hydrogen) atoms. The summed E-state index contributed by atoms with van der Waals surface area (Å²) >= 11 is 0. The highest BCUT2D eigenvalue weighted by atomic mass is 16.6. The van der Waals surface area contributed by atoms with Gasteiger partial charge in [-0.1, -0.05) is 13.3 Å². The molecule has 2 aromatic rings. The van der Waals surface area contributed by atoms with Crippen LogP contribution in [0.2, 0.25) is 0 Å². The molecule has 0 aliphatic carbocycles. The molecule has 1 amide bonds. The first-order chi connectivity index (χ1) is 13.1. The van der Waals surface area contributed by atoms with Gasteiger partial charge < -0.3 is 15.2 Å². The molecule has 1 unspecified atom stereocenters. The Hall–Kier alpha value is -2.34. The van der Waals surface area contributed by atoms with Crippen LogP contribution in [0, 0.1) is 11.8 Å².